The third-order valence-electron chi connectivity index (χ3n) is 6.57. The number of para-hydroxylation sites is 1. The zero-order valence-corrected chi connectivity index (χ0v) is 19.2. The summed E-state index contributed by atoms with van der Waals surface area (Å²) in [5.41, 5.74) is 1.63. The van der Waals surface area contributed by atoms with Crippen LogP contribution in [0.3, 0.4) is 0 Å². The molecule has 8 heteroatoms. The van der Waals surface area contributed by atoms with E-state index in [4.69, 9.17) is 0 Å². The number of fused-ring (bicyclic) bond motifs is 1. The molecule has 0 aliphatic carbocycles. The number of hydrogen-bond donors (Lipinski definition) is 0. The van der Waals surface area contributed by atoms with Gasteiger partial charge in [-0.25, -0.2) is 14.4 Å². The minimum absolute atomic E-state index is 0.128. The van der Waals surface area contributed by atoms with E-state index in [1.165, 1.54) is 30.2 Å². The van der Waals surface area contributed by atoms with Gasteiger partial charge in [0, 0.05) is 39.3 Å². The van der Waals surface area contributed by atoms with Crippen LogP contribution in [0.5, 0.6) is 0 Å². The maximum atomic E-state index is 14.2. The topological polar surface area (TPSA) is 52.6 Å². The first-order valence-electron chi connectivity index (χ1n) is 11.4. The summed E-state index contributed by atoms with van der Waals surface area (Å²) < 4.78 is 14.2. The molecule has 6 nitrogen and oxygen atoms in total. The van der Waals surface area contributed by atoms with Crippen molar-refractivity contribution in [2.24, 2.45) is 0 Å². The van der Waals surface area contributed by atoms with Crippen LogP contribution in [0.1, 0.15) is 40.9 Å². The monoisotopic (exact) mass is 453 g/mol. The van der Waals surface area contributed by atoms with Crippen molar-refractivity contribution in [3.8, 4) is 0 Å². The number of piperazine rings is 1. The Kier molecular flexibility index (Phi) is 5.95. The summed E-state index contributed by atoms with van der Waals surface area (Å²) >= 11 is 1.48. The van der Waals surface area contributed by atoms with Crippen LogP contribution in [0, 0.1) is 12.7 Å². The second-order valence-corrected chi connectivity index (χ2v) is 9.56. The summed E-state index contributed by atoms with van der Waals surface area (Å²) in [5.74, 6) is 0.824. The Labute approximate surface area is 191 Å². The molecule has 1 aromatic carbocycles. The van der Waals surface area contributed by atoms with E-state index >= 15 is 0 Å². The molecule has 3 aromatic rings. The molecule has 2 aliphatic rings. The van der Waals surface area contributed by atoms with Crippen LogP contribution < -0.4 is 9.80 Å². The van der Waals surface area contributed by atoms with Crippen LogP contribution >= 0.6 is 11.3 Å². The zero-order chi connectivity index (χ0) is 22.1. The van der Waals surface area contributed by atoms with E-state index in [2.05, 4.69) is 19.8 Å². The average Bonchev–Trinajstić information content (AvgIpc) is 2.99. The number of anilines is 2. The number of carbonyl (C=O) groups excluding carboxylic acids is 1. The first-order chi connectivity index (χ1) is 15.6. The predicted molar refractivity (Wildman–Crippen MR) is 127 cm³/mol. The van der Waals surface area contributed by atoms with E-state index in [0.717, 1.165) is 78.6 Å². The normalized spacial score (nSPS) is 17.6. The van der Waals surface area contributed by atoms with E-state index in [1.807, 2.05) is 24.0 Å². The molecule has 0 saturated carbocycles. The van der Waals surface area contributed by atoms with Crippen molar-refractivity contribution in [1.82, 2.24) is 14.9 Å². The molecule has 0 spiro atoms. The van der Waals surface area contributed by atoms with E-state index in [0.29, 0.717) is 5.69 Å². The van der Waals surface area contributed by atoms with Crippen LogP contribution in [0.25, 0.3) is 10.2 Å². The Morgan fingerprint density at radius 1 is 0.938 bits per heavy atom. The lowest BCUT2D eigenvalue weighted by Gasteiger charge is -2.37. The van der Waals surface area contributed by atoms with Crippen molar-refractivity contribution in [3.63, 3.8) is 0 Å². The van der Waals surface area contributed by atoms with Crippen molar-refractivity contribution >= 4 is 39.0 Å². The van der Waals surface area contributed by atoms with Crippen LogP contribution in [0.4, 0.5) is 15.9 Å². The molecular weight excluding hydrogens is 425 g/mol. The van der Waals surface area contributed by atoms with Gasteiger partial charge in [0.2, 0.25) is 0 Å². The number of aromatic nitrogens is 2. The Morgan fingerprint density at radius 2 is 1.62 bits per heavy atom. The second kappa shape index (κ2) is 9.02. The van der Waals surface area contributed by atoms with E-state index in [1.54, 1.807) is 12.4 Å². The molecular formula is C24H28FN5OS. The van der Waals surface area contributed by atoms with Gasteiger partial charge in [-0.1, -0.05) is 25.0 Å². The summed E-state index contributed by atoms with van der Waals surface area (Å²) in [6.07, 6.45) is 6.14. The summed E-state index contributed by atoms with van der Waals surface area (Å²) in [5, 5.41) is 0.981. The van der Waals surface area contributed by atoms with Gasteiger partial charge in [-0.05, 0) is 37.5 Å². The van der Waals surface area contributed by atoms with Crippen LogP contribution in [-0.4, -0.2) is 60.0 Å². The summed E-state index contributed by atoms with van der Waals surface area (Å²) in [6, 6.07) is 6.93. The number of thiophene rings is 1. The number of aryl methyl sites for hydroxylation is 1. The molecule has 1 amide bonds. The number of halogens is 1. The van der Waals surface area contributed by atoms with Crippen LogP contribution in [0.15, 0.2) is 30.6 Å². The van der Waals surface area contributed by atoms with Gasteiger partial charge < -0.3 is 14.7 Å². The van der Waals surface area contributed by atoms with Crippen molar-refractivity contribution in [1.29, 1.82) is 0 Å². The Hall–Kier alpha value is -2.74. The third-order valence-corrected chi connectivity index (χ3v) is 7.75. The highest BCUT2D eigenvalue weighted by atomic mass is 32.1. The van der Waals surface area contributed by atoms with Crippen molar-refractivity contribution in [2.45, 2.75) is 32.6 Å². The molecule has 0 atom stereocenters. The highest BCUT2D eigenvalue weighted by molar-refractivity contribution is 7.20. The molecule has 0 unspecified atom stereocenters. The first kappa shape index (κ1) is 21.1. The predicted octanol–water partition coefficient (Wildman–Crippen LogP) is 4.48. The molecule has 2 fully saturated rings. The fourth-order valence-electron chi connectivity index (χ4n) is 4.78. The van der Waals surface area contributed by atoms with E-state index < -0.39 is 0 Å². The lowest BCUT2D eigenvalue weighted by atomic mass is 10.1. The van der Waals surface area contributed by atoms with Gasteiger partial charge in [0.1, 0.15) is 22.8 Å². The number of carbonyl (C=O) groups is 1. The SMILES string of the molecule is Cc1c(C(=O)N2CCCCCC2)sc2ncnc(N3CCN(c4ccccc4F)CC3)c12. The molecule has 2 aliphatic heterocycles. The third kappa shape index (κ3) is 3.92. The summed E-state index contributed by atoms with van der Waals surface area (Å²) in [7, 11) is 0. The molecule has 0 bridgehead atoms. The number of amides is 1. The average molecular weight is 454 g/mol. The largest absolute Gasteiger partial charge is 0.366 e. The fourth-order valence-corrected chi connectivity index (χ4v) is 5.89. The first-order valence-corrected chi connectivity index (χ1v) is 12.2. The fraction of sp³-hybridized carbons (Fsp3) is 0.458. The Balaban J connectivity index is 1.39. The van der Waals surface area contributed by atoms with Crippen LogP contribution in [0.2, 0.25) is 0 Å². The van der Waals surface area contributed by atoms with Crippen molar-refractivity contribution < 1.29 is 9.18 Å². The van der Waals surface area contributed by atoms with E-state index in [-0.39, 0.29) is 11.7 Å². The number of nitrogens with zero attached hydrogens (tertiary/aromatic N) is 5. The molecule has 0 N–H and O–H groups in total. The maximum absolute atomic E-state index is 14.2. The molecule has 5 rings (SSSR count). The minimum atomic E-state index is -0.185. The molecule has 4 heterocycles. The molecule has 2 saturated heterocycles. The van der Waals surface area contributed by atoms with Gasteiger partial charge in [0.15, 0.2) is 0 Å². The summed E-state index contributed by atoms with van der Waals surface area (Å²) in [4.78, 5) is 30.4. The molecule has 2 aromatic heterocycles. The number of likely N-dealkylation sites (tertiary alicyclic amines) is 1. The molecule has 0 radical (unpaired) electrons. The van der Waals surface area contributed by atoms with Gasteiger partial charge in [0.25, 0.3) is 5.91 Å². The lowest BCUT2D eigenvalue weighted by Crippen LogP contribution is -2.47. The quantitative estimate of drug-likeness (QED) is 0.585. The van der Waals surface area contributed by atoms with E-state index in [9.17, 15) is 9.18 Å². The zero-order valence-electron chi connectivity index (χ0n) is 18.4. The van der Waals surface area contributed by atoms with Gasteiger partial charge in [-0.2, -0.15) is 0 Å². The maximum Gasteiger partial charge on any atom is 0.264 e. The van der Waals surface area contributed by atoms with Crippen LogP contribution in [-0.2, 0) is 0 Å². The minimum Gasteiger partial charge on any atom is -0.366 e. The van der Waals surface area contributed by atoms with Gasteiger partial charge in [0.05, 0.1) is 16.0 Å². The smallest absolute Gasteiger partial charge is 0.264 e. The molecule has 32 heavy (non-hydrogen) atoms. The standard InChI is InChI=1S/C24H28FN5OS/c1-17-20-22(29-14-12-28(13-15-29)19-9-5-4-8-18(19)25)26-16-27-23(20)32-21(17)24(31)30-10-6-2-3-7-11-30/h4-5,8-9,16H,2-3,6-7,10-15H2,1H3. The van der Waals surface area contributed by atoms with Gasteiger partial charge in [-0.3, -0.25) is 4.79 Å². The second-order valence-electron chi connectivity index (χ2n) is 8.57. The van der Waals surface area contributed by atoms with Gasteiger partial charge >= 0.3 is 0 Å². The summed E-state index contributed by atoms with van der Waals surface area (Å²) in [6.45, 7) is 6.61. The van der Waals surface area contributed by atoms with Crippen molar-refractivity contribution in [2.75, 3.05) is 49.1 Å². The Morgan fingerprint density at radius 3 is 2.34 bits per heavy atom. The number of benzene rings is 1. The number of hydrogen-bond acceptors (Lipinski definition) is 6. The number of rotatable bonds is 3. The Bertz CT molecular complexity index is 1120. The highest BCUT2D eigenvalue weighted by Gasteiger charge is 2.27. The molecule has 168 valence electrons. The van der Waals surface area contributed by atoms with Crippen molar-refractivity contribution in [3.05, 3.63) is 46.9 Å². The lowest BCUT2D eigenvalue weighted by molar-refractivity contribution is 0.0766. The highest BCUT2D eigenvalue weighted by Crippen LogP contribution is 2.36. The van der Waals surface area contributed by atoms with Gasteiger partial charge in [-0.15, -0.1) is 11.3 Å².